The van der Waals surface area contributed by atoms with Crippen LogP contribution < -0.4 is 5.32 Å². The second kappa shape index (κ2) is 10.4. The normalized spacial score (nSPS) is 13.0. The Kier molecular flexibility index (Phi) is 7.66. The van der Waals surface area contributed by atoms with Gasteiger partial charge in [0, 0.05) is 11.4 Å². The second-order valence-electron chi connectivity index (χ2n) is 7.01. The third-order valence-electron chi connectivity index (χ3n) is 4.51. The lowest BCUT2D eigenvalue weighted by atomic mass is 10.2. The Balaban J connectivity index is 1.76. The molecule has 0 saturated heterocycles. The van der Waals surface area contributed by atoms with E-state index in [2.05, 4.69) is 9.08 Å². The third kappa shape index (κ3) is 6.41. The quantitative estimate of drug-likeness (QED) is 0.531. The Morgan fingerprint density at radius 2 is 1.44 bits per heavy atom. The number of nitrogens with zero attached hydrogens (tertiary/aromatic N) is 1. The van der Waals surface area contributed by atoms with E-state index >= 15 is 0 Å². The Labute approximate surface area is 188 Å². The minimum Gasteiger partial charge on any atom is -0.445 e. The number of aryl methyl sites for hydroxylation is 1. The van der Waals surface area contributed by atoms with Gasteiger partial charge in [-0.05, 0) is 36.8 Å². The molecule has 0 heterocycles. The molecule has 1 atom stereocenters. The van der Waals surface area contributed by atoms with Gasteiger partial charge in [0.25, 0.3) is 10.0 Å². The first-order valence-electron chi connectivity index (χ1n) is 9.86. The van der Waals surface area contributed by atoms with E-state index in [4.69, 9.17) is 4.74 Å². The molecule has 0 aliphatic rings. The highest BCUT2D eigenvalue weighted by Gasteiger charge is 2.21. The molecule has 0 spiro atoms. The van der Waals surface area contributed by atoms with Crippen LogP contribution in [0.1, 0.15) is 11.1 Å². The van der Waals surface area contributed by atoms with Crippen molar-refractivity contribution in [1.82, 2.24) is 5.32 Å². The zero-order valence-electron chi connectivity index (χ0n) is 17.5. The standard InChI is InChI=1S/C23H24N2O5S2/c1-19-12-14-22(15-13-19)32(28,29)25-31(27,21-10-6-3-7-11-21)17-16-24-23(26)30-18-20-8-4-2-5-9-20/h2-15H,16-18H2,1H3,(H,24,26). The van der Waals surface area contributed by atoms with E-state index in [1.165, 1.54) is 12.1 Å². The van der Waals surface area contributed by atoms with Crippen molar-refractivity contribution in [2.75, 3.05) is 12.3 Å². The Bertz CT molecular complexity index is 1270. The van der Waals surface area contributed by atoms with Gasteiger partial charge in [0.05, 0.1) is 20.4 Å². The zero-order valence-corrected chi connectivity index (χ0v) is 19.1. The maximum absolute atomic E-state index is 13.7. The number of sulfonamides is 1. The SMILES string of the molecule is Cc1ccc(S(=O)(=O)N=S(=O)(CCNC(=O)OCc2ccccc2)c2ccccc2)cc1. The van der Waals surface area contributed by atoms with Gasteiger partial charge < -0.3 is 10.1 Å². The summed E-state index contributed by atoms with van der Waals surface area (Å²) in [4.78, 5) is 12.2. The molecule has 7 nitrogen and oxygen atoms in total. The lowest BCUT2D eigenvalue weighted by Crippen LogP contribution is -2.29. The van der Waals surface area contributed by atoms with Crippen LogP contribution >= 0.6 is 0 Å². The molecule has 0 radical (unpaired) electrons. The van der Waals surface area contributed by atoms with Crippen molar-refractivity contribution in [3.05, 3.63) is 96.1 Å². The van der Waals surface area contributed by atoms with Gasteiger partial charge in [-0.3, -0.25) is 0 Å². The van der Waals surface area contributed by atoms with E-state index in [0.717, 1.165) is 11.1 Å². The van der Waals surface area contributed by atoms with Crippen LogP contribution in [-0.2, 0) is 31.1 Å². The van der Waals surface area contributed by atoms with E-state index < -0.39 is 25.8 Å². The molecule has 1 N–H and O–H groups in total. The van der Waals surface area contributed by atoms with E-state index in [1.807, 2.05) is 37.3 Å². The number of rotatable bonds is 8. The molecule has 9 heteroatoms. The minimum atomic E-state index is -4.17. The maximum atomic E-state index is 13.7. The molecule has 0 fully saturated rings. The maximum Gasteiger partial charge on any atom is 0.407 e. The summed E-state index contributed by atoms with van der Waals surface area (Å²) in [5, 5.41) is 2.52. The molecule has 0 aliphatic heterocycles. The summed E-state index contributed by atoms with van der Waals surface area (Å²) in [5.74, 6) is -0.192. The van der Waals surface area contributed by atoms with E-state index in [-0.39, 0.29) is 28.7 Å². The van der Waals surface area contributed by atoms with Crippen LogP contribution in [-0.4, -0.2) is 31.0 Å². The number of amides is 1. The zero-order chi connectivity index (χ0) is 23.0. The molecular formula is C23H24N2O5S2. The number of alkyl carbamates (subject to hydrolysis) is 1. The minimum absolute atomic E-state index is 0.0398. The summed E-state index contributed by atoms with van der Waals surface area (Å²) >= 11 is 0. The molecule has 0 bridgehead atoms. The van der Waals surface area contributed by atoms with E-state index in [1.54, 1.807) is 42.5 Å². The van der Waals surface area contributed by atoms with Crippen molar-refractivity contribution in [2.24, 2.45) is 3.77 Å². The fraction of sp³-hybridized carbons (Fsp3) is 0.174. The highest BCUT2D eigenvalue weighted by atomic mass is 32.3. The summed E-state index contributed by atoms with van der Waals surface area (Å²) in [6.07, 6.45) is -0.690. The molecule has 0 aromatic heterocycles. The first-order valence-corrected chi connectivity index (χ1v) is 13.0. The van der Waals surface area contributed by atoms with Crippen LogP contribution in [0.2, 0.25) is 0 Å². The van der Waals surface area contributed by atoms with Crippen molar-refractivity contribution >= 4 is 25.8 Å². The van der Waals surface area contributed by atoms with Crippen molar-refractivity contribution < 1.29 is 22.2 Å². The lowest BCUT2D eigenvalue weighted by molar-refractivity contribution is 0.140. The summed E-state index contributed by atoms with van der Waals surface area (Å²) < 4.78 is 48.3. The average Bonchev–Trinajstić information content (AvgIpc) is 2.79. The van der Waals surface area contributed by atoms with Crippen LogP contribution in [0, 0.1) is 6.92 Å². The molecule has 3 aromatic carbocycles. The first kappa shape index (κ1) is 23.5. The molecule has 1 unspecified atom stereocenters. The molecule has 3 rings (SSSR count). The van der Waals surface area contributed by atoms with Gasteiger partial charge in [-0.25, -0.2) is 9.00 Å². The number of nitrogens with one attached hydrogen (secondary N) is 1. The molecule has 0 aliphatic carbocycles. The van der Waals surface area contributed by atoms with Gasteiger partial charge in [-0.2, -0.15) is 8.42 Å². The summed E-state index contributed by atoms with van der Waals surface area (Å²) in [6.45, 7) is 1.85. The molecule has 1 amide bonds. The van der Waals surface area contributed by atoms with Crippen LogP contribution in [0.5, 0.6) is 0 Å². The van der Waals surface area contributed by atoms with Crippen molar-refractivity contribution in [2.45, 2.75) is 23.3 Å². The van der Waals surface area contributed by atoms with Crippen molar-refractivity contribution in [3.8, 4) is 0 Å². The monoisotopic (exact) mass is 472 g/mol. The fourth-order valence-corrected chi connectivity index (χ4v) is 6.74. The van der Waals surface area contributed by atoms with Gasteiger partial charge in [-0.1, -0.05) is 66.2 Å². The van der Waals surface area contributed by atoms with Crippen LogP contribution in [0.15, 0.2) is 98.5 Å². The summed E-state index contributed by atoms with van der Waals surface area (Å²) in [5.41, 5.74) is 1.72. The van der Waals surface area contributed by atoms with Crippen molar-refractivity contribution in [3.63, 3.8) is 0 Å². The summed E-state index contributed by atoms with van der Waals surface area (Å²) in [7, 11) is -7.55. The van der Waals surface area contributed by atoms with Crippen LogP contribution in [0.3, 0.4) is 0 Å². The largest absolute Gasteiger partial charge is 0.445 e. The predicted octanol–water partition coefficient (Wildman–Crippen LogP) is 4.14. The predicted molar refractivity (Wildman–Crippen MR) is 123 cm³/mol. The van der Waals surface area contributed by atoms with Gasteiger partial charge in [0.15, 0.2) is 0 Å². The number of benzene rings is 3. The number of carbonyl (C=O) groups is 1. The van der Waals surface area contributed by atoms with Gasteiger partial charge in [0.2, 0.25) is 0 Å². The van der Waals surface area contributed by atoms with Gasteiger partial charge >= 0.3 is 6.09 Å². The highest BCUT2D eigenvalue weighted by Crippen LogP contribution is 2.20. The average molecular weight is 473 g/mol. The fourth-order valence-electron chi connectivity index (χ4n) is 2.81. The van der Waals surface area contributed by atoms with E-state index in [0.29, 0.717) is 0 Å². The van der Waals surface area contributed by atoms with Crippen LogP contribution in [0.25, 0.3) is 0 Å². The number of ether oxygens (including phenoxy) is 1. The Morgan fingerprint density at radius 1 is 0.844 bits per heavy atom. The van der Waals surface area contributed by atoms with E-state index in [9.17, 15) is 17.4 Å². The summed E-state index contributed by atoms with van der Waals surface area (Å²) in [6, 6.07) is 23.5. The third-order valence-corrected chi connectivity index (χ3v) is 8.89. The smallest absolute Gasteiger partial charge is 0.407 e. The first-order chi connectivity index (χ1) is 15.3. The van der Waals surface area contributed by atoms with Gasteiger partial charge in [0.1, 0.15) is 6.61 Å². The van der Waals surface area contributed by atoms with Gasteiger partial charge in [-0.15, -0.1) is 3.77 Å². The number of hydrogen-bond acceptors (Lipinski definition) is 5. The molecule has 3 aromatic rings. The Hall–Kier alpha value is -3.17. The molecule has 168 valence electrons. The Morgan fingerprint density at radius 3 is 2.06 bits per heavy atom. The molecule has 32 heavy (non-hydrogen) atoms. The lowest BCUT2D eigenvalue weighted by Gasteiger charge is -2.12. The second-order valence-corrected chi connectivity index (χ2v) is 11.2. The van der Waals surface area contributed by atoms with Crippen molar-refractivity contribution in [1.29, 1.82) is 0 Å². The molecule has 0 saturated carbocycles. The topological polar surface area (TPSA) is 102 Å². The highest BCUT2D eigenvalue weighted by molar-refractivity contribution is 8.03. The number of carbonyl (C=O) groups excluding carboxylic acids is 1. The number of hydrogen-bond donors (Lipinski definition) is 1. The van der Waals surface area contributed by atoms with Crippen LogP contribution in [0.4, 0.5) is 4.79 Å². The molecular weight excluding hydrogens is 448 g/mol.